The Kier molecular flexibility index (Phi) is 3.13. The molecule has 0 spiro atoms. The molecule has 94 valence electrons. The number of nitrogens with zero attached hydrogens (tertiary/aromatic N) is 1. The summed E-state index contributed by atoms with van der Waals surface area (Å²) in [4.78, 5) is 5.78. The van der Waals surface area contributed by atoms with E-state index in [0.717, 1.165) is 16.6 Å². The van der Waals surface area contributed by atoms with Crippen molar-refractivity contribution in [3.05, 3.63) is 54.6 Å². The predicted molar refractivity (Wildman–Crippen MR) is 80.6 cm³/mol. The van der Waals surface area contributed by atoms with E-state index in [-0.39, 0.29) is 5.75 Å². The van der Waals surface area contributed by atoms with Crippen molar-refractivity contribution in [2.24, 2.45) is 0 Å². The largest absolute Gasteiger partial charge is 0.506 e. The fourth-order valence-corrected chi connectivity index (χ4v) is 2.74. The van der Waals surface area contributed by atoms with Crippen molar-refractivity contribution < 1.29 is 5.11 Å². The molecule has 0 amide bonds. The maximum Gasteiger partial charge on any atom is 0.141 e. The number of rotatable bonds is 2. The number of hydrogen-bond acceptors (Lipinski definition) is 3. The Labute approximate surface area is 116 Å². The standard InChI is InChI=1S/C16H13NOS/c1-19-15-8-3-2-6-12(15)13-10-9-11-5-4-7-14(18)16(11)17-13/h2-10,18H,1H3. The molecule has 3 aromatic rings. The molecule has 0 bridgehead atoms. The number of aromatic nitrogens is 1. The lowest BCUT2D eigenvalue weighted by molar-refractivity contribution is 0.480. The molecule has 0 fully saturated rings. The zero-order valence-corrected chi connectivity index (χ0v) is 11.3. The fourth-order valence-electron chi connectivity index (χ4n) is 2.14. The predicted octanol–water partition coefficient (Wildman–Crippen LogP) is 4.33. The Hall–Kier alpha value is -2.00. The first-order valence-electron chi connectivity index (χ1n) is 6.02. The van der Waals surface area contributed by atoms with Crippen molar-refractivity contribution in [1.82, 2.24) is 4.98 Å². The van der Waals surface area contributed by atoms with Gasteiger partial charge in [-0.05, 0) is 24.5 Å². The number of phenolic OH excluding ortho intramolecular Hbond substituents is 1. The van der Waals surface area contributed by atoms with E-state index in [2.05, 4.69) is 23.4 Å². The molecule has 3 rings (SSSR count). The highest BCUT2D eigenvalue weighted by Crippen LogP contribution is 2.31. The number of benzene rings is 2. The number of para-hydroxylation sites is 1. The van der Waals surface area contributed by atoms with Gasteiger partial charge in [-0.25, -0.2) is 4.98 Å². The van der Waals surface area contributed by atoms with Gasteiger partial charge in [0.1, 0.15) is 11.3 Å². The molecule has 3 heteroatoms. The summed E-state index contributed by atoms with van der Waals surface area (Å²) in [6.45, 7) is 0. The third kappa shape index (κ3) is 2.17. The van der Waals surface area contributed by atoms with Crippen molar-refractivity contribution >= 4 is 22.7 Å². The number of hydrogen-bond donors (Lipinski definition) is 1. The summed E-state index contributed by atoms with van der Waals surface area (Å²) in [6, 6.07) is 17.6. The van der Waals surface area contributed by atoms with Gasteiger partial charge in [-0.1, -0.05) is 36.4 Å². The van der Waals surface area contributed by atoms with Gasteiger partial charge in [-0.3, -0.25) is 0 Å². The highest BCUT2D eigenvalue weighted by atomic mass is 32.2. The molecule has 1 aromatic heterocycles. The van der Waals surface area contributed by atoms with Crippen LogP contribution in [-0.2, 0) is 0 Å². The quantitative estimate of drug-likeness (QED) is 0.701. The first kappa shape index (κ1) is 12.1. The third-order valence-electron chi connectivity index (χ3n) is 3.08. The van der Waals surface area contributed by atoms with Crippen LogP contribution >= 0.6 is 11.8 Å². The Balaban J connectivity index is 2.23. The van der Waals surface area contributed by atoms with Crippen LogP contribution in [0.3, 0.4) is 0 Å². The minimum absolute atomic E-state index is 0.223. The van der Waals surface area contributed by atoms with Gasteiger partial charge in [0.05, 0.1) is 5.69 Å². The number of thioether (sulfide) groups is 1. The monoisotopic (exact) mass is 267 g/mol. The van der Waals surface area contributed by atoms with Gasteiger partial charge in [0.15, 0.2) is 0 Å². The highest BCUT2D eigenvalue weighted by Gasteiger charge is 2.07. The van der Waals surface area contributed by atoms with E-state index in [1.165, 1.54) is 4.90 Å². The maximum atomic E-state index is 9.90. The average Bonchev–Trinajstić information content (AvgIpc) is 2.47. The van der Waals surface area contributed by atoms with Crippen molar-refractivity contribution in [3.63, 3.8) is 0 Å². The molecular weight excluding hydrogens is 254 g/mol. The summed E-state index contributed by atoms with van der Waals surface area (Å²) in [5.74, 6) is 0.223. The third-order valence-corrected chi connectivity index (χ3v) is 3.88. The van der Waals surface area contributed by atoms with Gasteiger partial charge in [0.2, 0.25) is 0 Å². The summed E-state index contributed by atoms with van der Waals surface area (Å²) in [5.41, 5.74) is 2.63. The Bertz CT molecular complexity index is 740. The second-order valence-electron chi connectivity index (χ2n) is 4.25. The highest BCUT2D eigenvalue weighted by molar-refractivity contribution is 7.98. The van der Waals surface area contributed by atoms with E-state index < -0.39 is 0 Å². The first-order valence-corrected chi connectivity index (χ1v) is 7.24. The molecule has 2 aromatic carbocycles. The van der Waals surface area contributed by atoms with E-state index >= 15 is 0 Å². The molecule has 0 aliphatic heterocycles. The first-order chi connectivity index (χ1) is 9.29. The summed E-state index contributed by atoms with van der Waals surface area (Å²) in [6.07, 6.45) is 2.05. The zero-order valence-electron chi connectivity index (χ0n) is 10.5. The number of aromatic hydroxyl groups is 1. The minimum atomic E-state index is 0.223. The van der Waals surface area contributed by atoms with Gasteiger partial charge in [-0.2, -0.15) is 0 Å². The molecule has 0 atom stereocenters. The van der Waals surface area contributed by atoms with Crippen molar-refractivity contribution in [1.29, 1.82) is 0 Å². The summed E-state index contributed by atoms with van der Waals surface area (Å²) >= 11 is 1.70. The molecule has 2 nitrogen and oxygen atoms in total. The SMILES string of the molecule is CSc1ccccc1-c1ccc2cccc(O)c2n1. The van der Waals surface area contributed by atoms with E-state index in [0.29, 0.717) is 5.52 Å². The lowest BCUT2D eigenvalue weighted by Crippen LogP contribution is -1.87. The Morgan fingerprint density at radius 1 is 0.947 bits per heavy atom. The molecule has 0 unspecified atom stereocenters. The molecule has 19 heavy (non-hydrogen) atoms. The Morgan fingerprint density at radius 2 is 1.79 bits per heavy atom. The lowest BCUT2D eigenvalue weighted by atomic mass is 10.1. The van der Waals surface area contributed by atoms with Crippen LogP contribution in [0.2, 0.25) is 0 Å². The number of phenols is 1. The van der Waals surface area contributed by atoms with E-state index in [1.807, 2.05) is 36.4 Å². The summed E-state index contributed by atoms with van der Waals surface area (Å²) in [5, 5.41) is 10.9. The van der Waals surface area contributed by atoms with Crippen LogP contribution in [0, 0.1) is 0 Å². The normalized spacial score (nSPS) is 10.8. The van der Waals surface area contributed by atoms with Crippen LogP contribution in [-0.4, -0.2) is 16.3 Å². The van der Waals surface area contributed by atoms with Crippen LogP contribution < -0.4 is 0 Å². The topological polar surface area (TPSA) is 33.1 Å². The van der Waals surface area contributed by atoms with Crippen LogP contribution in [0.25, 0.3) is 22.2 Å². The summed E-state index contributed by atoms with van der Waals surface area (Å²) in [7, 11) is 0. The van der Waals surface area contributed by atoms with Crippen molar-refractivity contribution in [2.75, 3.05) is 6.26 Å². The van der Waals surface area contributed by atoms with Crippen molar-refractivity contribution in [3.8, 4) is 17.0 Å². The van der Waals surface area contributed by atoms with Gasteiger partial charge < -0.3 is 5.11 Å². The molecule has 0 aliphatic rings. The average molecular weight is 267 g/mol. The van der Waals surface area contributed by atoms with Gasteiger partial charge in [0, 0.05) is 15.8 Å². The molecule has 1 N–H and O–H groups in total. The smallest absolute Gasteiger partial charge is 0.141 e. The fraction of sp³-hybridized carbons (Fsp3) is 0.0625. The van der Waals surface area contributed by atoms with E-state index in [4.69, 9.17) is 0 Å². The van der Waals surface area contributed by atoms with E-state index in [9.17, 15) is 5.11 Å². The minimum Gasteiger partial charge on any atom is -0.506 e. The van der Waals surface area contributed by atoms with Crippen LogP contribution in [0.1, 0.15) is 0 Å². The van der Waals surface area contributed by atoms with Gasteiger partial charge in [-0.15, -0.1) is 11.8 Å². The lowest BCUT2D eigenvalue weighted by Gasteiger charge is -2.08. The molecular formula is C16H13NOS. The molecule has 0 radical (unpaired) electrons. The molecule has 0 aliphatic carbocycles. The molecule has 0 saturated heterocycles. The van der Waals surface area contributed by atoms with Gasteiger partial charge in [0.25, 0.3) is 0 Å². The second kappa shape index (κ2) is 4.94. The van der Waals surface area contributed by atoms with Crippen molar-refractivity contribution in [2.45, 2.75) is 4.90 Å². The molecule has 0 saturated carbocycles. The maximum absolute atomic E-state index is 9.90. The van der Waals surface area contributed by atoms with E-state index in [1.54, 1.807) is 17.8 Å². The summed E-state index contributed by atoms with van der Waals surface area (Å²) < 4.78 is 0. The Morgan fingerprint density at radius 3 is 2.63 bits per heavy atom. The van der Waals surface area contributed by atoms with Gasteiger partial charge >= 0.3 is 0 Å². The number of fused-ring (bicyclic) bond motifs is 1. The van der Waals surface area contributed by atoms with Crippen LogP contribution in [0.4, 0.5) is 0 Å². The zero-order chi connectivity index (χ0) is 13.2. The second-order valence-corrected chi connectivity index (χ2v) is 5.09. The number of pyridine rings is 1. The van der Waals surface area contributed by atoms with Crippen LogP contribution in [0.15, 0.2) is 59.5 Å². The molecule has 1 heterocycles. The van der Waals surface area contributed by atoms with Crippen LogP contribution in [0.5, 0.6) is 5.75 Å².